The highest BCUT2D eigenvalue weighted by Gasteiger charge is 2.17. The van der Waals surface area contributed by atoms with Gasteiger partial charge in [0, 0.05) is 13.6 Å². The Hall–Kier alpha value is -1.84. The third kappa shape index (κ3) is 4.20. The topological polar surface area (TPSA) is 57.6 Å². The van der Waals surface area contributed by atoms with Crippen LogP contribution in [-0.4, -0.2) is 35.5 Å². The molecular weight excluding hydrogens is 230 g/mol. The van der Waals surface area contributed by atoms with E-state index in [9.17, 15) is 9.59 Å². The molecule has 1 N–H and O–H groups in total. The molecule has 0 aromatic heterocycles. The molecule has 1 amide bonds. The summed E-state index contributed by atoms with van der Waals surface area (Å²) in [5.41, 5.74) is 2.07. The molecule has 0 saturated carbocycles. The Balaban J connectivity index is 2.57. The second-order valence-corrected chi connectivity index (χ2v) is 4.68. The fourth-order valence-corrected chi connectivity index (χ4v) is 1.72. The number of likely N-dealkylation sites (N-methyl/N-ethyl adjacent to an activating group) is 1. The van der Waals surface area contributed by atoms with Gasteiger partial charge in [0.2, 0.25) is 5.91 Å². The van der Waals surface area contributed by atoms with E-state index in [0.717, 1.165) is 11.1 Å². The van der Waals surface area contributed by atoms with Crippen LogP contribution in [0.25, 0.3) is 0 Å². The predicted molar refractivity (Wildman–Crippen MR) is 69.3 cm³/mol. The van der Waals surface area contributed by atoms with Crippen LogP contribution in [0.1, 0.15) is 18.1 Å². The molecule has 1 aromatic carbocycles. The van der Waals surface area contributed by atoms with Crippen molar-refractivity contribution in [2.45, 2.75) is 20.3 Å². The largest absolute Gasteiger partial charge is 0.481 e. The number of carbonyl (C=O) groups is 2. The van der Waals surface area contributed by atoms with Crippen LogP contribution in [0.15, 0.2) is 24.3 Å². The standard InChI is InChI=1S/C14H19NO3/c1-10-5-4-6-12(7-10)8-13(16)15(3)9-11(2)14(17)18/h4-7,11H,8-9H2,1-3H3,(H,17,18)/t11-/m1/s1. The minimum Gasteiger partial charge on any atom is -0.481 e. The highest BCUT2D eigenvalue weighted by molar-refractivity contribution is 5.79. The van der Waals surface area contributed by atoms with Crippen LogP contribution in [0, 0.1) is 12.8 Å². The highest BCUT2D eigenvalue weighted by Crippen LogP contribution is 2.07. The molecular formula is C14H19NO3. The Morgan fingerprint density at radius 3 is 2.61 bits per heavy atom. The number of carboxylic acid groups (broad SMARTS) is 1. The van der Waals surface area contributed by atoms with E-state index >= 15 is 0 Å². The van der Waals surface area contributed by atoms with Gasteiger partial charge in [-0.25, -0.2) is 0 Å². The Morgan fingerprint density at radius 1 is 1.39 bits per heavy atom. The summed E-state index contributed by atoms with van der Waals surface area (Å²) < 4.78 is 0. The van der Waals surface area contributed by atoms with Crippen molar-refractivity contribution in [1.29, 1.82) is 0 Å². The molecule has 0 fully saturated rings. The number of hydrogen-bond donors (Lipinski definition) is 1. The minimum absolute atomic E-state index is 0.0614. The van der Waals surface area contributed by atoms with Crippen molar-refractivity contribution in [2.24, 2.45) is 5.92 Å². The van der Waals surface area contributed by atoms with Crippen LogP contribution in [-0.2, 0) is 16.0 Å². The van der Waals surface area contributed by atoms with Crippen LogP contribution < -0.4 is 0 Å². The van der Waals surface area contributed by atoms with Crippen molar-refractivity contribution in [1.82, 2.24) is 4.90 Å². The Labute approximate surface area is 107 Å². The van der Waals surface area contributed by atoms with Gasteiger partial charge in [-0.05, 0) is 12.5 Å². The third-order valence-corrected chi connectivity index (χ3v) is 2.83. The normalized spacial score (nSPS) is 11.9. The van der Waals surface area contributed by atoms with Gasteiger partial charge in [-0.3, -0.25) is 9.59 Å². The summed E-state index contributed by atoms with van der Waals surface area (Å²) in [4.78, 5) is 24.1. The lowest BCUT2D eigenvalue weighted by atomic mass is 10.1. The van der Waals surface area contributed by atoms with Crippen molar-refractivity contribution in [3.05, 3.63) is 35.4 Å². The van der Waals surface area contributed by atoms with Crippen LogP contribution in [0.5, 0.6) is 0 Å². The number of benzene rings is 1. The van der Waals surface area contributed by atoms with Crippen molar-refractivity contribution in [3.63, 3.8) is 0 Å². The lowest BCUT2D eigenvalue weighted by Gasteiger charge is -2.19. The van der Waals surface area contributed by atoms with E-state index < -0.39 is 11.9 Å². The minimum atomic E-state index is -0.884. The molecule has 0 bridgehead atoms. The average molecular weight is 249 g/mol. The maximum absolute atomic E-state index is 11.9. The lowest BCUT2D eigenvalue weighted by molar-refractivity contribution is -0.142. The Bertz CT molecular complexity index is 442. The maximum Gasteiger partial charge on any atom is 0.308 e. The van der Waals surface area contributed by atoms with E-state index in [-0.39, 0.29) is 12.5 Å². The van der Waals surface area contributed by atoms with Crippen LogP contribution in [0.2, 0.25) is 0 Å². The highest BCUT2D eigenvalue weighted by atomic mass is 16.4. The molecule has 0 aliphatic heterocycles. The van der Waals surface area contributed by atoms with E-state index in [1.165, 1.54) is 4.90 Å². The van der Waals surface area contributed by atoms with Crippen LogP contribution in [0.4, 0.5) is 0 Å². The molecule has 0 heterocycles. The number of aliphatic carboxylic acids is 1. The number of carbonyl (C=O) groups excluding carboxylic acids is 1. The van der Waals surface area contributed by atoms with Crippen molar-refractivity contribution < 1.29 is 14.7 Å². The summed E-state index contributed by atoms with van der Waals surface area (Å²) in [7, 11) is 1.64. The molecule has 0 radical (unpaired) electrons. The number of amides is 1. The second-order valence-electron chi connectivity index (χ2n) is 4.68. The number of nitrogens with zero attached hydrogens (tertiary/aromatic N) is 1. The SMILES string of the molecule is Cc1cccc(CC(=O)N(C)C[C@@H](C)C(=O)O)c1. The quantitative estimate of drug-likeness (QED) is 0.864. The molecule has 0 spiro atoms. The molecule has 0 aliphatic rings. The summed E-state index contributed by atoms with van der Waals surface area (Å²) in [6, 6.07) is 7.76. The molecule has 0 unspecified atom stereocenters. The van der Waals surface area contributed by atoms with Gasteiger partial charge in [0.25, 0.3) is 0 Å². The molecule has 4 heteroatoms. The number of hydrogen-bond acceptors (Lipinski definition) is 2. The zero-order valence-corrected chi connectivity index (χ0v) is 11.0. The summed E-state index contributed by atoms with van der Waals surface area (Å²) >= 11 is 0. The van der Waals surface area contributed by atoms with Gasteiger partial charge < -0.3 is 10.0 Å². The fourth-order valence-electron chi connectivity index (χ4n) is 1.72. The average Bonchev–Trinajstić information content (AvgIpc) is 2.28. The van der Waals surface area contributed by atoms with Gasteiger partial charge in [0.1, 0.15) is 0 Å². The van der Waals surface area contributed by atoms with E-state index in [4.69, 9.17) is 5.11 Å². The maximum atomic E-state index is 11.9. The molecule has 98 valence electrons. The van der Waals surface area contributed by atoms with Crippen LogP contribution in [0.3, 0.4) is 0 Å². The van der Waals surface area contributed by atoms with E-state index in [0.29, 0.717) is 6.42 Å². The fraction of sp³-hybridized carbons (Fsp3) is 0.429. The molecule has 1 aromatic rings. The Morgan fingerprint density at radius 2 is 2.06 bits per heavy atom. The summed E-state index contributed by atoms with van der Waals surface area (Å²) in [5.74, 6) is -1.49. The van der Waals surface area contributed by atoms with Gasteiger partial charge in [0.15, 0.2) is 0 Å². The van der Waals surface area contributed by atoms with Gasteiger partial charge in [-0.15, -0.1) is 0 Å². The molecule has 1 atom stereocenters. The van der Waals surface area contributed by atoms with Gasteiger partial charge in [0.05, 0.1) is 12.3 Å². The number of carboxylic acids is 1. The smallest absolute Gasteiger partial charge is 0.308 e. The lowest BCUT2D eigenvalue weighted by Crippen LogP contribution is -2.34. The zero-order valence-electron chi connectivity index (χ0n) is 11.0. The molecule has 1 rings (SSSR count). The van der Waals surface area contributed by atoms with Crippen molar-refractivity contribution >= 4 is 11.9 Å². The first-order valence-corrected chi connectivity index (χ1v) is 5.92. The molecule has 18 heavy (non-hydrogen) atoms. The number of aryl methyl sites for hydroxylation is 1. The number of rotatable bonds is 5. The monoisotopic (exact) mass is 249 g/mol. The van der Waals surface area contributed by atoms with Gasteiger partial charge in [-0.1, -0.05) is 36.8 Å². The predicted octanol–water partition coefficient (Wildman–Crippen LogP) is 1.72. The van der Waals surface area contributed by atoms with Gasteiger partial charge in [-0.2, -0.15) is 0 Å². The van der Waals surface area contributed by atoms with Crippen molar-refractivity contribution in [3.8, 4) is 0 Å². The second kappa shape index (κ2) is 6.19. The van der Waals surface area contributed by atoms with E-state index in [2.05, 4.69) is 0 Å². The summed E-state index contributed by atoms with van der Waals surface area (Å²) in [6.45, 7) is 3.81. The first-order chi connectivity index (χ1) is 8.40. The first-order valence-electron chi connectivity index (χ1n) is 5.92. The molecule has 4 nitrogen and oxygen atoms in total. The first kappa shape index (κ1) is 14.2. The van der Waals surface area contributed by atoms with Crippen LogP contribution >= 0.6 is 0 Å². The molecule has 0 aliphatic carbocycles. The van der Waals surface area contributed by atoms with Gasteiger partial charge >= 0.3 is 5.97 Å². The summed E-state index contributed by atoms with van der Waals surface area (Å²) in [5, 5.41) is 8.80. The van der Waals surface area contributed by atoms with E-state index in [1.54, 1.807) is 14.0 Å². The Kier molecular flexibility index (Phi) is 4.89. The van der Waals surface area contributed by atoms with E-state index in [1.807, 2.05) is 31.2 Å². The molecule has 0 saturated heterocycles. The zero-order chi connectivity index (χ0) is 13.7. The third-order valence-electron chi connectivity index (χ3n) is 2.83. The summed E-state index contributed by atoms with van der Waals surface area (Å²) in [6.07, 6.45) is 0.310. The van der Waals surface area contributed by atoms with Crippen molar-refractivity contribution in [2.75, 3.05) is 13.6 Å².